The molecule has 1 aromatic heterocycles. The van der Waals surface area contributed by atoms with E-state index >= 15 is 0 Å². The van der Waals surface area contributed by atoms with Crippen molar-refractivity contribution in [3.8, 4) is 0 Å². The molecule has 1 amide bonds. The number of fused-ring (bicyclic) bond motifs is 1. The molecule has 1 saturated carbocycles. The summed E-state index contributed by atoms with van der Waals surface area (Å²) < 4.78 is 1.57. The Hall–Kier alpha value is -2.14. The first-order valence-corrected chi connectivity index (χ1v) is 8.60. The number of hydrogen-bond acceptors (Lipinski definition) is 3. The summed E-state index contributed by atoms with van der Waals surface area (Å²) in [5.41, 5.74) is 0.500. The highest BCUT2D eigenvalue weighted by molar-refractivity contribution is 6.06. The Balaban J connectivity index is 1.71. The van der Waals surface area contributed by atoms with E-state index in [-0.39, 0.29) is 17.4 Å². The summed E-state index contributed by atoms with van der Waals surface area (Å²) in [6.07, 6.45) is 3.56. The number of benzene rings is 1. The topological polar surface area (TPSA) is 62.5 Å². The Morgan fingerprint density at radius 1 is 1.29 bits per heavy atom. The van der Waals surface area contributed by atoms with E-state index in [2.05, 4.69) is 0 Å². The van der Waals surface area contributed by atoms with E-state index < -0.39 is 5.60 Å². The van der Waals surface area contributed by atoms with Gasteiger partial charge in [0.2, 0.25) is 0 Å². The summed E-state index contributed by atoms with van der Waals surface area (Å²) >= 11 is 0. The summed E-state index contributed by atoms with van der Waals surface area (Å²) in [5.74, 6) is 0.0610. The smallest absolute Gasteiger partial charge is 0.254 e. The maximum atomic E-state index is 13.1. The standard InChI is InChI=1S/C19H22N2O3/c1-20-16-7-3-2-6-14(16)15(11-17(20)22)18(23)21-10-4-5-13(12-21)19(24)8-9-19/h2-3,6-7,11,13,24H,4-5,8-10,12H2,1H3. The minimum Gasteiger partial charge on any atom is -0.390 e. The van der Waals surface area contributed by atoms with Crippen molar-refractivity contribution in [2.24, 2.45) is 13.0 Å². The highest BCUT2D eigenvalue weighted by Crippen LogP contribution is 2.45. The van der Waals surface area contributed by atoms with Crippen LogP contribution in [-0.2, 0) is 7.05 Å². The maximum absolute atomic E-state index is 13.1. The van der Waals surface area contributed by atoms with Gasteiger partial charge in [0.25, 0.3) is 11.5 Å². The van der Waals surface area contributed by atoms with Crippen LogP contribution in [0.5, 0.6) is 0 Å². The van der Waals surface area contributed by atoms with Gasteiger partial charge in [-0.25, -0.2) is 0 Å². The lowest BCUT2D eigenvalue weighted by Gasteiger charge is -2.35. The second kappa shape index (κ2) is 5.45. The maximum Gasteiger partial charge on any atom is 0.254 e. The van der Waals surface area contributed by atoms with Crippen LogP contribution in [0.4, 0.5) is 0 Å². The largest absolute Gasteiger partial charge is 0.390 e. The molecule has 2 fully saturated rings. The van der Waals surface area contributed by atoms with Crippen LogP contribution >= 0.6 is 0 Å². The zero-order valence-corrected chi connectivity index (χ0v) is 13.9. The van der Waals surface area contributed by atoms with Gasteiger partial charge in [-0.3, -0.25) is 9.59 Å². The van der Waals surface area contributed by atoms with Crippen LogP contribution in [0.3, 0.4) is 0 Å². The molecule has 4 rings (SSSR count). The third-order valence-electron chi connectivity index (χ3n) is 5.62. The summed E-state index contributed by atoms with van der Waals surface area (Å²) in [5, 5.41) is 11.2. The van der Waals surface area contributed by atoms with Crippen molar-refractivity contribution in [3.05, 3.63) is 46.2 Å². The Morgan fingerprint density at radius 2 is 2.04 bits per heavy atom. The number of carbonyl (C=O) groups is 1. The van der Waals surface area contributed by atoms with Gasteiger partial charge < -0.3 is 14.6 Å². The van der Waals surface area contributed by atoms with Gasteiger partial charge in [-0.05, 0) is 31.7 Å². The first-order chi connectivity index (χ1) is 11.5. The molecular formula is C19H22N2O3. The fourth-order valence-electron chi connectivity index (χ4n) is 3.89. The predicted octanol–water partition coefficient (Wildman–Crippen LogP) is 1.92. The fraction of sp³-hybridized carbons (Fsp3) is 0.474. The SMILES string of the molecule is Cn1c(=O)cc(C(=O)N2CCCC(C3(O)CC3)C2)c2ccccc21. The first kappa shape index (κ1) is 15.4. The summed E-state index contributed by atoms with van der Waals surface area (Å²) in [6.45, 7) is 1.27. The molecule has 126 valence electrons. The monoisotopic (exact) mass is 326 g/mol. The van der Waals surface area contributed by atoms with Gasteiger partial charge in [0, 0.05) is 37.5 Å². The number of carbonyl (C=O) groups excluding carboxylic acids is 1. The van der Waals surface area contributed by atoms with Crippen LogP contribution in [-0.4, -0.2) is 39.2 Å². The van der Waals surface area contributed by atoms with Crippen LogP contribution in [0.2, 0.25) is 0 Å². The number of pyridine rings is 1. The average Bonchev–Trinajstić information content (AvgIpc) is 3.37. The number of nitrogens with zero attached hydrogens (tertiary/aromatic N) is 2. The number of amides is 1. The second-order valence-corrected chi connectivity index (χ2v) is 7.17. The molecule has 2 heterocycles. The van der Waals surface area contributed by atoms with Crippen molar-refractivity contribution in [2.75, 3.05) is 13.1 Å². The van der Waals surface area contributed by atoms with Gasteiger partial charge in [-0.2, -0.15) is 0 Å². The lowest BCUT2D eigenvalue weighted by molar-refractivity contribution is 0.0283. The van der Waals surface area contributed by atoms with Crippen molar-refractivity contribution >= 4 is 16.8 Å². The number of hydrogen-bond donors (Lipinski definition) is 1. The third-order valence-corrected chi connectivity index (χ3v) is 5.62. The Labute approximate surface area is 140 Å². The Bertz CT molecular complexity index is 867. The number of likely N-dealkylation sites (tertiary alicyclic amines) is 1. The first-order valence-electron chi connectivity index (χ1n) is 8.60. The van der Waals surface area contributed by atoms with Crippen LogP contribution in [0.15, 0.2) is 35.1 Å². The van der Waals surface area contributed by atoms with Gasteiger partial charge in [0.15, 0.2) is 0 Å². The van der Waals surface area contributed by atoms with E-state index in [9.17, 15) is 14.7 Å². The molecule has 1 atom stereocenters. The zero-order chi connectivity index (χ0) is 16.9. The number of piperidine rings is 1. The summed E-state index contributed by atoms with van der Waals surface area (Å²) in [4.78, 5) is 27.1. The number of aliphatic hydroxyl groups is 1. The van der Waals surface area contributed by atoms with E-state index in [1.807, 2.05) is 29.2 Å². The molecule has 1 aromatic carbocycles. The normalized spacial score (nSPS) is 22.6. The van der Waals surface area contributed by atoms with Crippen molar-refractivity contribution < 1.29 is 9.90 Å². The molecule has 5 nitrogen and oxygen atoms in total. The molecule has 1 aliphatic heterocycles. The van der Waals surface area contributed by atoms with Crippen molar-refractivity contribution in [1.82, 2.24) is 9.47 Å². The van der Waals surface area contributed by atoms with Gasteiger partial charge in [-0.15, -0.1) is 0 Å². The lowest BCUT2D eigenvalue weighted by Crippen LogP contribution is -2.44. The van der Waals surface area contributed by atoms with Crippen molar-refractivity contribution in [1.29, 1.82) is 0 Å². The molecule has 5 heteroatoms. The molecule has 1 N–H and O–H groups in total. The number of aryl methyl sites for hydroxylation is 1. The summed E-state index contributed by atoms with van der Waals surface area (Å²) in [6, 6.07) is 8.95. The Kier molecular flexibility index (Phi) is 3.49. The predicted molar refractivity (Wildman–Crippen MR) is 92.0 cm³/mol. The molecule has 1 saturated heterocycles. The molecule has 1 unspecified atom stereocenters. The summed E-state index contributed by atoms with van der Waals surface area (Å²) in [7, 11) is 1.72. The molecule has 0 bridgehead atoms. The Morgan fingerprint density at radius 3 is 2.79 bits per heavy atom. The number of rotatable bonds is 2. The van der Waals surface area contributed by atoms with Gasteiger partial charge in [0.1, 0.15) is 0 Å². The average molecular weight is 326 g/mol. The molecule has 2 aromatic rings. The van der Waals surface area contributed by atoms with E-state index in [1.165, 1.54) is 6.07 Å². The quantitative estimate of drug-likeness (QED) is 0.917. The van der Waals surface area contributed by atoms with E-state index in [1.54, 1.807) is 11.6 Å². The minimum absolute atomic E-state index is 0.0992. The van der Waals surface area contributed by atoms with Crippen LogP contribution in [0.1, 0.15) is 36.0 Å². The van der Waals surface area contributed by atoms with E-state index in [0.29, 0.717) is 18.7 Å². The highest BCUT2D eigenvalue weighted by atomic mass is 16.3. The number of aromatic nitrogens is 1. The molecule has 1 aliphatic carbocycles. The fourth-order valence-corrected chi connectivity index (χ4v) is 3.89. The second-order valence-electron chi connectivity index (χ2n) is 7.17. The highest BCUT2D eigenvalue weighted by Gasteiger charge is 2.49. The van der Waals surface area contributed by atoms with E-state index in [0.717, 1.165) is 36.6 Å². The molecule has 24 heavy (non-hydrogen) atoms. The van der Waals surface area contributed by atoms with Crippen molar-refractivity contribution in [2.45, 2.75) is 31.3 Å². The molecule has 0 radical (unpaired) electrons. The lowest BCUT2D eigenvalue weighted by atomic mass is 9.90. The molecule has 0 spiro atoms. The van der Waals surface area contributed by atoms with E-state index in [4.69, 9.17) is 0 Å². The molecular weight excluding hydrogens is 304 g/mol. The van der Waals surface area contributed by atoms with Crippen LogP contribution in [0.25, 0.3) is 10.9 Å². The minimum atomic E-state index is -0.562. The van der Waals surface area contributed by atoms with Gasteiger partial charge in [0.05, 0.1) is 16.7 Å². The zero-order valence-electron chi connectivity index (χ0n) is 13.9. The van der Waals surface area contributed by atoms with Crippen LogP contribution < -0.4 is 5.56 Å². The molecule has 2 aliphatic rings. The van der Waals surface area contributed by atoms with Gasteiger partial charge in [-0.1, -0.05) is 18.2 Å². The van der Waals surface area contributed by atoms with Crippen molar-refractivity contribution in [3.63, 3.8) is 0 Å². The number of para-hydroxylation sites is 1. The third kappa shape index (κ3) is 2.44. The van der Waals surface area contributed by atoms with Gasteiger partial charge >= 0.3 is 0 Å². The van der Waals surface area contributed by atoms with Crippen LogP contribution in [0, 0.1) is 5.92 Å².